The summed E-state index contributed by atoms with van der Waals surface area (Å²) in [6, 6.07) is 1.90. The molecule has 1 unspecified atom stereocenters. The molecule has 0 amide bonds. The van der Waals surface area contributed by atoms with Gasteiger partial charge in [-0.05, 0) is 44.3 Å². The number of nitrogens with one attached hydrogen (secondary N) is 2. The summed E-state index contributed by atoms with van der Waals surface area (Å²) in [4.78, 5) is 8.01. The van der Waals surface area contributed by atoms with Crippen LogP contribution in [0, 0.1) is 5.92 Å². The van der Waals surface area contributed by atoms with Crippen LogP contribution in [0.5, 0.6) is 0 Å². The molecule has 0 aromatic carbocycles. The van der Waals surface area contributed by atoms with Crippen LogP contribution in [0.4, 0.5) is 5.82 Å². The van der Waals surface area contributed by atoms with E-state index in [2.05, 4.69) is 20.6 Å². The van der Waals surface area contributed by atoms with Crippen molar-refractivity contribution in [3.8, 4) is 0 Å². The lowest BCUT2D eigenvalue weighted by Gasteiger charge is -2.22. The Morgan fingerprint density at radius 2 is 2.53 bits per heavy atom. The van der Waals surface area contributed by atoms with Crippen molar-refractivity contribution in [3.05, 3.63) is 18.6 Å². The molecule has 4 nitrogen and oxygen atoms in total. The van der Waals surface area contributed by atoms with Gasteiger partial charge >= 0.3 is 0 Å². The average Bonchev–Trinajstić information content (AvgIpc) is 2.32. The molecular weight excluding hydrogens is 188 g/mol. The third-order valence-electron chi connectivity index (χ3n) is 2.84. The standard InChI is InChI=1S/C11H18N4/c1-2-10(8-12-5-1)3-7-14-11-4-6-13-9-15-11/h4,6,9-10,12H,1-3,5,7-8H2,(H,13,14,15). The third kappa shape index (κ3) is 3.47. The van der Waals surface area contributed by atoms with E-state index in [4.69, 9.17) is 0 Å². The van der Waals surface area contributed by atoms with Crippen LogP contribution < -0.4 is 10.6 Å². The highest BCUT2D eigenvalue weighted by atomic mass is 15.0. The summed E-state index contributed by atoms with van der Waals surface area (Å²) >= 11 is 0. The molecule has 1 aliphatic rings. The van der Waals surface area contributed by atoms with Crippen LogP contribution in [-0.2, 0) is 0 Å². The fourth-order valence-electron chi connectivity index (χ4n) is 1.97. The van der Waals surface area contributed by atoms with Crippen LogP contribution in [0.15, 0.2) is 18.6 Å². The largest absolute Gasteiger partial charge is 0.370 e. The topological polar surface area (TPSA) is 49.8 Å². The molecule has 1 atom stereocenters. The molecule has 15 heavy (non-hydrogen) atoms. The van der Waals surface area contributed by atoms with Crippen molar-refractivity contribution in [1.29, 1.82) is 0 Å². The maximum absolute atomic E-state index is 4.12. The van der Waals surface area contributed by atoms with E-state index in [9.17, 15) is 0 Å². The van der Waals surface area contributed by atoms with Crippen LogP contribution in [0.1, 0.15) is 19.3 Å². The molecule has 1 aliphatic heterocycles. The van der Waals surface area contributed by atoms with Gasteiger partial charge in [0.05, 0.1) is 0 Å². The predicted molar refractivity (Wildman–Crippen MR) is 60.7 cm³/mol. The van der Waals surface area contributed by atoms with Crippen LogP contribution in [0.2, 0.25) is 0 Å². The first-order valence-electron chi connectivity index (χ1n) is 5.66. The minimum atomic E-state index is 0.827. The first-order valence-corrected chi connectivity index (χ1v) is 5.66. The Labute approximate surface area is 90.5 Å². The Morgan fingerprint density at radius 3 is 3.27 bits per heavy atom. The first kappa shape index (κ1) is 10.4. The summed E-state index contributed by atoms with van der Waals surface area (Å²) < 4.78 is 0. The molecule has 2 N–H and O–H groups in total. The maximum Gasteiger partial charge on any atom is 0.129 e. The highest BCUT2D eigenvalue weighted by Crippen LogP contribution is 2.13. The van der Waals surface area contributed by atoms with Gasteiger partial charge in [0.1, 0.15) is 12.1 Å². The molecule has 4 heteroatoms. The molecule has 1 fully saturated rings. The summed E-state index contributed by atoms with van der Waals surface area (Å²) in [5, 5.41) is 6.74. The molecule has 0 bridgehead atoms. The number of hydrogen-bond donors (Lipinski definition) is 2. The van der Waals surface area contributed by atoms with E-state index < -0.39 is 0 Å². The molecule has 2 heterocycles. The quantitative estimate of drug-likeness (QED) is 0.779. The zero-order chi connectivity index (χ0) is 10.3. The third-order valence-corrected chi connectivity index (χ3v) is 2.84. The highest BCUT2D eigenvalue weighted by molar-refractivity contribution is 5.31. The number of anilines is 1. The van der Waals surface area contributed by atoms with Gasteiger partial charge in [0.15, 0.2) is 0 Å². The lowest BCUT2D eigenvalue weighted by Crippen LogP contribution is -2.30. The van der Waals surface area contributed by atoms with Crippen LogP contribution in [0.25, 0.3) is 0 Å². The molecule has 1 aromatic heterocycles. The highest BCUT2D eigenvalue weighted by Gasteiger charge is 2.11. The van der Waals surface area contributed by atoms with Gasteiger partial charge in [-0.2, -0.15) is 0 Å². The number of rotatable bonds is 4. The summed E-state index contributed by atoms with van der Waals surface area (Å²) in [6.45, 7) is 3.37. The van der Waals surface area contributed by atoms with Crippen LogP contribution >= 0.6 is 0 Å². The van der Waals surface area contributed by atoms with E-state index in [1.165, 1.54) is 32.4 Å². The van der Waals surface area contributed by atoms with Gasteiger partial charge < -0.3 is 10.6 Å². The van der Waals surface area contributed by atoms with E-state index in [1.807, 2.05) is 6.07 Å². The first-order chi connectivity index (χ1) is 7.45. The summed E-state index contributed by atoms with van der Waals surface area (Å²) in [5.41, 5.74) is 0. The molecule has 82 valence electrons. The molecule has 0 saturated carbocycles. The van der Waals surface area contributed by atoms with Gasteiger partial charge in [-0.3, -0.25) is 0 Å². The van der Waals surface area contributed by atoms with E-state index in [1.54, 1.807) is 12.5 Å². The molecule has 0 aliphatic carbocycles. The van der Waals surface area contributed by atoms with E-state index in [-0.39, 0.29) is 0 Å². The van der Waals surface area contributed by atoms with Gasteiger partial charge in [0.25, 0.3) is 0 Å². The molecule has 0 spiro atoms. The minimum Gasteiger partial charge on any atom is -0.370 e. The smallest absolute Gasteiger partial charge is 0.129 e. The Hall–Kier alpha value is -1.16. The predicted octanol–water partition coefficient (Wildman–Crippen LogP) is 1.28. The van der Waals surface area contributed by atoms with Crippen molar-refractivity contribution < 1.29 is 0 Å². The second-order valence-corrected chi connectivity index (χ2v) is 4.02. The lowest BCUT2D eigenvalue weighted by atomic mass is 9.96. The normalized spacial score (nSPS) is 21.2. The molecular formula is C11H18N4. The van der Waals surface area contributed by atoms with Crippen LogP contribution in [0.3, 0.4) is 0 Å². The van der Waals surface area contributed by atoms with Gasteiger partial charge in [0, 0.05) is 12.7 Å². The van der Waals surface area contributed by atoms with E-state index >= 15 is 0 Å². The fraction of sp³-hybridized carbons (Fsp3) is 0.636. The molecule has 0 radical (unpaired) electrons. The zero-order valence-electron chi connectivity index (χ0n) is 8.95. The van der Waals surface area contributed by atoms with Gasteiger partial charge in [-0.25, -0.2) is 9.97 Å². The Kier molecular flexibility index (Phi) is 3.91. The Bertz CT molecular complexity index is 269. The SMILES string of the molecule is c1cc(NCCC2CCCNC2)ncn1. The molecule has 1 aromatic rings. The van der Waals surface area contributed by atoms with Crippen LogP contribution in [-0.4, -0.2) is 29.6 Å². The molecule has 2 rings (SSSR count). The number of aromatic nitrogens is 2. The van der Waals surface area contributed by atoms with Gasteiger partial charge in [0.2, 0.25) is 0 Å². The lowest BCUT2D eigenvalue weighted by molar-refractivity contribution is 0.364. The van der Waals surface area contributed by atoms with Crippen molar-refractivity contribution in [2.75, 3.05) is 25.0 Å². The monoisotopic (exact) mass is 206 g/mol. The van der Waals surface area contributed by atoms with E-state index in [0.29, 0.717) is 0 Å². The van der Waals surface area contributed by atoms with Crippen molar-refractivity contribution in [3.63, 3.8) is 0 Å². The Morgan fingerprint density at radius 1 is 1.53 bits per heavy atom. The summed E-state index contributed by atoms with van der Waals surface area (Å²) in [5.74, 6) is 1.75. The fourth-order valence-corrected chi connectivity index (χ4v) is 1.97. The second kappa shape index (κ2) is 5.66. The van der Waals surface area contributed by atoms with Gasteiger partial charge in [-0.1, -0.05) is 0 Å². The minimum absolute atomic E-state index is 0.827. The maximum atomic E-state index is 4.12. The number of piperidine rings is 1. The van der Waals surface area contributed by atoms with Crippen molar-refractivity contribution in [2.24, 2.45) is 5.92 Å². The summed E-state index contributed by atoms with van der Waals surface area (Å²) in [7, 11) is 0. The summed E-state index contributed by atoms with van der Waals surface area (Å²) in [6.07, 6.45) is 7.23. The second-order valence-electron chi connectivity index (χ2n) is 4.02. The zero-order valence-corrected chi connectivity index (χ0v) is 8.95. The van der Waals surface area contributed by atoms with Crippen molar-refractivity contribution in [2.45, 2.75) is 19.3 Å². The molecule has 1 saturated heterocycles. The number of hydrogen-bond acceptors (Lipinski definition) is 4. The number of nitrogens with zero attached hydrogens (tertiary/aromatic N) is 2. The average molecular weight is 206 g/mol. The van der Waals surface area contributed by atoms with E-state index in [0.717, 1.165) is 18.3 Å². The Balaban J connectivity index is 1.66. The van der Waals surface area contributed by atoms with Crippen molar-refractivity contribution in [1.82, 2.24) is 15.3 Å². The van der Waals surface area contributed by atoms with Crippen molar-refractivity contribution >= 4 is 5.82 Å². The van der Waals surface area contributed by atoms with Gasteiger partial charge in [-0.15, -0.1) is 0 Å².